The largest absolute Gasteiger partial charge is 0.497 e. The highest BCUT2D eigenvalue weighted by molar-refractivity contribution is 8.00. The highest BCUT2D eigenvalue weighted by Crippen LogP contribution is 2.36. The predicted molar refractivity (Wildman–Crippen MR) is 187 cm³/mol. The van der Waals surface area contributed by atoms with E-state index in [1.54, 1.807) is 91.9 Å². The molecule has 12 heteroatoms. The first kappa shape index (κ1) is 35.2. The van der Waals surface area contributed by atoms with Crippen LogP contribution >= 0.6 is 11.8 Å². The summed E-state index contributed by atoms with van der Waals surface area (Å²) in [6.07, 6.45) is 1.50. The van der Waals surface area contributed by atoms with Gasteiger partial charge in [0.25, 0.3) is 11.8 Å². The molecule has 3 amide bonds. The van der Waals surface area contributed by atoms with Crippen LogP contribution in [0.5, 0.6) is 28.7 Å². The second-order valence-corrected chi connectivity index (χ2v) is 11.6. The summed E-state index contributed by atoms with van der Waals surface area (Å²) >= 11 is 1.35. The van der Waals surface area contributed by atoms with Crippen molar-refractivity contribution in [2.45, 2.75) is 17.1 Å². The maximum atomic E-state index is 13.6. The van der Waals surface area contributed by atoms with Crippen LogP contribution in [-0.4, -0.2) is 58.5 Å². The SMILES string of the molecule is COc1cc(NC(=O)C(C)Sc2ccc(NC(=O)/C(=C/c3cc(OC)c(OC)cc3OC)NC(=O)c3ccccc3)cc2)cc(OC)c1. The summed E-state index contributed by atoms with van der Waals surface area (Å²) in [6, 6.07) is 24.0. The lowest BCUT2D eigenvalue weighted by Gasteiger charge is -2.15. The zero-order valence-electron chi connectivity index (χ0n) is 27.4. The molecule has 250 valence electrons. The zero-order valence-corrected chi connectivity index (χ0v) is 28.2. The van der Waals surface area contributed by atoms with E-state index in [1.165, 1.54) is 53.4 Å². The lowest BCUT2D eigenvalue weighted by molar-refractivity contribution is -0.115. The van der Waals surface area contributed by atoms with Crippen LogP contribution in [0, 0.1) is 0 Å². The molecule has 0 aliphatic rings. The molecular formula is C36H37N3O8S. The summed E-state index contributed by atoms with van der Waals surface area (Å²) in [5.74, 6) is 1.13. The van der Waals surface area contributed by atoms with Crippen LogP contribution in [0.25, 0.3) is 6.08 Å². The van der Waals surface area contributed by atoms with Crippen molar-refractivity contribution in [1.82, 2.24) is 5.32 Å². The Kier molecular flexibility index (Phi) is 12.3. The molecule has 1 atom stereocenters. The number of methoxy groups -OCH3 is 5. The van der Waals surface area contributed by atoms with Crippen molar-refractivity contribution in [3.63, 3.8) is 0 Å². The van der Waals surface area contributed by atoms with E-state index in [4.69, 9.17) is 23.7 Å². The van der Waals surface area contributed by atoms with Gasteiger partial charge in [-0.1, -0.05) is 18.2 Å². The van der Waals surface area contributed by atoms with Gasteiger partial charge in [0, 0.05) is 51.7 Å². The van der Waals surface area contributed by atoms with Gasteiger partial charge in [-0.25, -0.2) is 0 Å². The molecular weight excluding hydrogens is 634 g/mol. The van der Waals surface area contributed by atoms with Gasteiger partial charge in [-0.2, -0.15) is 0 Å². The molecule has 4 aromatic rings. The van der Waals surface area contributed by atoms with Crippen molar-refractivity contribution in [2.24, 2.45) is 0 Å². The van der Waals surface area contributed by atoms with E-state index in [9.17, 15) is 14.4 Å². The molecule has 4 aromatic carbocycles. The molecule has 0 radical (unpaired) electrons. The minimum absolute atomic E-state index is 0.0349. The van der Waals surface area contributed by atoms with Crippen LogP contribution in [0.4, 0.5) is 11.4 Å². The molecule has 0 aliphatic carbocycles. The fourth-order valence-corrected chi connectivity index (χ4v) is 5.33. The Balaban J connectivity index is 1.51. The molecule has 1 unspecified atom stereocenters. The fraction of sp³-hybridized carbons (Fsp3) is 0.194. The summed E-state index contributed by atoms with van der Waals surface area (Å²) in [7, 11) is 7.57. The lowest BCUT2D eigenvalue weighted by Crippen LogP contribution is -2.30. The molecule has 0 saturated heterocycles. The monoisotopic (exact) mass is 671 g/mol. The maximum absolute atomic E-state index is 13.6. The number of hydrogen-bond donors (Lipinski definition) is 3. The summed E-state index contributed by atoms with van der Waals surface area (Å²) in [4.78, 5) is 40.5. The van der Waals surface area contributed by atoms with Crippen molar-refractivity contribution in [3.05, 3.63) is 102 Å². The number of amides is 3. The average molecular weight is 672 g/mol. The van der Waals surface area contributed by atoms with Gasteiger partial charge >= 0.3 is 0 Å². The first-order chi connectivity index (χ1) is 23.2. The molecule has 3 N–H and O–H groups in total. The van der Waals surface area contributed by atoms with Gasteiger partial charge in [0.05, 0.1) is 40.8 Å². The first-order valence-electron chi connectivity index (χ1n) is 14.7. The Hall–Kier alpha value is -5.62. The van der Waals surface area contributed by atoms with E-state index < -0.39 is 17.1 Å². The van der Waals surface area contributed by atoms with Crippen molar-refractivity contribution in [2.75, 3.05) is 46.2 Å². The quantitative estimate of drug-likeness (QED) is 0.105. The summed E-state index contributed by atoms with van der Waals surface area (Å²) < 4.78 is 26.9. The standard InChI is InChI=1S/C36H37N3O8S/c1-22(34(40)38-26-18-27(43-2)20-28(19-26)44-3)48-29-14-12-25(13-15-29)37-36(42)30(39-35(41)23-10-8-7-9-11-23)16-24-17-32(46-5)33(47-6)21-31(24)45-4/h7-22H,1-6H3,(H,37,42)(H,38,40)(H,39,41)/b30-16-. The molecule has 4 rings (SSSR count). The molecule has 0 spiro atoms. The smallest absolute Gasteiger partial charge is 0.272 e. The van der Waals surface area contributed by atoms with E-state index in [0.717, 1.165) is 4.90 Å². The number of anilines is 2. The minimum atomic E-state index is -0.571. The van der Waals surface area contributed by atoms with E-state index in [-0.39, 0.29) is 11.6 Å². The highest BCUT2D eigenvalue weighted by Gasteiger charge is 2.19. The number of carbonyl (C=O) groups excluding carboxylic acids is 3. The second kappa shape index (κ2) is 16.8. The van der Waals surface area contributed by atoms with Gasteiger partial charge in [-0.15, -0.1) is 11.8 Å². The number of thioether (sulfide) groups is 1. The Morgan fingerprint density at radius 3 is 1.85 bits per heavy atom. The third-order valence-electron chi connectivity index (χ3n) is 6.98. The van der Waals surface area contributed by atoms with E-state index in [0.29, 0.717) is 51.2 Å². The molecule has 0 bridgehead atoms. The van der Waals surface area contributed by atoms with Crippen LogP contribution in [0.3, 0.4) is 0 Å². The van der Waals surface area contributed by atoms with Crippen LogP contribution in [0.15, 0.2) is 95.5 Å². The van der Waals surface area contributed by atoms with Gasteiger partial charge in [-0.05, 0) is 55.5 Å². The van der Waals surface area contributed by atoms with E-state index in [2.05, 4.69) is 16.0 Å². The molecule has 0 heterocycles. The van der Waals surface area contributed by atoms with Gasteiger partial charge in [0.2, 0.25) is 5.91 Å². The third-order valence-corrected chi connectivity index (χ3v) is 8.09. The van der Waals surface area contributed by atoms with Crippen LogP contribution in [0.2, 0.25) is 0 Å². The maximum Gasteiger partial charge on any atom is 0.272 e. The number of hydrogen-bond acceptors (Lipinski definition) is 9. The molecule has 48 heavy (non-hydrogen) atoms. The van der Waals surface area contributed by atoms with Gasteiger partial charge in [0.15, 0.2) is 11.5 Å². The van der Waals surface area contributed by atoms with E-state index >= 15 is 0 Å². The van der Waals surface area contributed by atoms with Crippen molar-refractivity contribution in [3.8, 4) is 28.7 Å². The number of rotatable bonds is 14. The van der Waals surface area contributed by atoms with Gasteiger partial charge in [-0.3, -0.25) is 14.4 Å². The number of ether oxygens (including phenoxy) is 5. The van der Waals surface area contributed by atoms with Crippen molar-refractivity contribution >= 4 is 46.9 Å². The number of nitrogens with one attached hydrogen (secondary N) is 3. The molecule has 11 nitrogen and oxygen atoms in total. The molecule has 0 fully saturated rings. The third kappa shape index (κ3) is 9.23. The van der Waals surface area contributed by atoms with Crippen molar-refractivity contribution in [1.29, 1.82) is 0 Å². The second-order valence-electron chi connectivity index (χ2n) is 10.2. The Morgan fingerprint density at radius 1 is 0.667 bits per heavy atom. The predicted octanol–water partition coefficient (Wildman–Crippen LogP) is 6.26. The van der Waals surface area contributed by atoms with E-state index in [1.807, 2.05) is 0 Å². The summed E-state index contributed by atoms with van der Waals surface area (Å²) in [6.45, 7) is 1.79. The number of benzene rings is 4. The Labute approximate surface area is 283 Å². The first-order valence-corrected chi connectivity index (χ1v) is 15.6. The zero-order chi connectivity index (χ0) is 34.6. The Morgan fingerprint density at radius 2 is 1.27 bits per heavy atom. The van der Waals surface area contributed by atoms with Crippen LogP contribution in [-0.2, 0) is 9.59 Å². The molecule has 0 aliphatic heterocycles. The molecule has 0 aromatic heterocycles. The highest BCUT2D eigenvalue weighted by atomic mass is 32.2. The average Bonchev–Trinajstić information content (AvgIpc) is 3.11. The Bertz CT molecular complexity index is 1760. The lowest BCUT2D eigenvalue weighted by atomic mass is 10.1. The molecule has 0 saturated carbocycles. The summed E-state index contributed by atoms with van der Waals surface area (Å²) in [5, 5.41) is 8.00. The minimum Gasteiger partial charge on any atom is -0.497 e. The van der Waals surface area contributed by atoms with Crippen molar-refractivity contribution < 1.29 is 38.1 Å². The van der Waals surface area contributed by atoms with Gasteiger partial charge in [0.1, 0.15) is 22.9 Å². The van der Waals surface area contributed by atoms with Crippen LogP contribution in [0.1, 0.15) is 22.8 Å². The van der Waals surface area contributed by atoms with Crippen LogP contribution < -0.4 is 39.6 Å². The topological polar surface area (TPSA) is 133 Å². The van der Waals surface area contributed by atoms with Gasteiger partial charge < -0.3 is 39.6 Å². The number of carbonyl (C=O) groups is 3. The normalized spacial score (nSPS) is 11.5. The fourth-order valence-electron chi connectivity index (χ4n) is 4.46. The summed E-state index contributed by atoms with van der Waals surface area (Å²) in [5.41, 5.74) is 1.84.